The van der Waals surface area contributed by atoms with Crippen molar-refractivity contribution in [2.24, 2.45) is 4.99 Å². The molecule has 1 saturated heterocycles. The third-order valence-electron chi connectivity index (χ3n) is 4.98. The van der Waals surface area contributed by atoms with Crippen LogP contribution in [0.15, 0.2) is 43.6 Å². The van der Waals surface area contributed by atoms with E-state index in [0.29, 0.717) is 19.7 Å². The van der Waals surface area contributed by atoms with Crippen molar-refractivity contribution >= 4 is 24.1 Å². The number of carbonyl (C=O) groups excluding carboxylic acids is 1. The molecule has 2 aliphatic rings. The first-order valence-corrected chi connectivity index (χ1v) is 11.0. The normalized spacial score (nSPS) is 17.7. The highest BCUT2D eigenvalue weighted by Gasteiger charge is 2.28. The molecule has 0 aliphatic carbocycles. The van der Waals surface area contributed by atoms with Gasteiger partial charge in [-0.1, -0.05) is 19.4 Å². The third-order valence-corrected chi connectivity index (χ3v) is 5.95. The number of aliphatic imine (C=N–C) groups is 1. The van der Waals surface area contributed by atoms with E-state index in [0.717, 1.165) is 47.9 Å². The minimum Gasteiger partial charge on any atom is -0.447 e. The van der Waals surface area contributed by atoms with Crippen LogP contribution in [-0.2, 0) is 9.47 Å². The van der Waals surface area contributed by atoms with Crippen molar-refractivity contribution in [3.8, 4) is 0 Å². The van der Waals surface area contributed by atoms with Crippen molar-refractivity contribution in [1.82, 2.24) is 9.88 Å². The Morgan fingerprint density at radius 3 is 2.90 bits per heavy atom. The summed E-state index contributed by atoms with van der Waals surface area (Å²) in [7, 11) is 1.59. The van der Waals surface area contributed by atoms with Crippen LogP contribution >= 0.6 is 11.8 Å². The summed E-state index contributed by atoms with van der Waals surface area (Å²) in [6.45, 7) is 4.17. The second-order valence-corrected chi connectivity index (χ2v) is 8.05. The number of likely N-dealkylation sites (tertiary alicyclic amines) is 1. The Morgan fingerprint density at radius 2 is 2.14 bits per heavy atom. The van der Waals surface area contributed by atoms with Crippen LogP contribution in [-0.4, -0.2) is 55.6 Å². The molecular weight excluding hydrogens is 390 g/mol. The van der Waals surface area contributed by atoms with Crippen molar-refractivity contribution in [2.45, 2.75) is 50.0 Å². The van der Waals surface area contributed by atoms with E-state index in [2.05, 4.69) is 29.1 Å². The molecule has 0 radical (unpaired) electrons. The van der Waals surface area contributed by atoms with Gasteiger partial charge in [0.1, 0.15) is 11.6 Å². The quantitative estimate of drug-likeness (QED) is 0.565. The van der Waals surface area contributed by atoms with E-state index >= 15 is 0 Å². The fraction of sp³-hybridized carbons (Fsp3) is 0.571. The van der Waals surface area contributed by atoms with E-state index in [4.69, 9.17) is 13.9 Å². The summed E-state index contributed by atoms with van der Waals surface area (Å²) in [6.07, 6.45) is 12.3. The molecule has 1 fully saturated rings. The van der Waals surface area contributed by atoms with E-state index in [1.165, 1.54) is 23.7 Å². The zero-order chi connectivity index (χ0) is 20.5. The lowest BCUT2D eigenvalue weighted by atomic mass is 9.94. The molecule has 8 heteroatoms. The largest absolute Gasteiger partial charge is 0.447 e. The summed E-state index contributed by atoms with van der Waals surface area (Å²) in [6, 6.07) is 0. The van der Waals surface area contributed by atoms with Crippen LogP contribution in [0.4, 0.5) is 4.79 Å². The summed E-state index contributed by atoms with van der Waals surface area (Å²) in [5, 5.41) is 1.73. The van der Waals surface area contributed by atoms with Crippen molar-refractivity contribution < 1.29 is 18.7 Å². The van der Waals surface area contributed by atoms with Gasteiger partial charge in [-0.05, 0) is 49.1 Å². The van der Waals surface area contributed by atoms with E-state index in [9.17, 15) is 4.79 Å². The molecule has 1 aromatic rings. The maximum atomic E-state index is 12.1. The number of rotatable bonds is 8. The highest BCUT2D eigenvalue weighted by atomic mass is 32.2. The van der Waals surface area contributed by atoms with Crippen LogP contribution < -0.4 is 0 Å². The van der Waals surface area contributed by atoms with Crippen LogP contribution in [0.1, 0.15) is 50.6 Å². The standard InChI is InChI=1S/C21H29N3O4S/c1-3-5-16-6-4-7-18(22-14-16)29-20-19(23-15-28-20)17-8-10-24(11-9-17)21(25)27-13-12-26-2/h6-7,14-15,17H,3-5,8-13H2,1-2H3. The fourth-order valence-corrected chi connectivity index (χ4v) is 4.30. The Hall–Kier alpha value is -2.06. The smallest absolute Gasteiger partial charge is 0.409 e. The summed E-state index contributed by atoms with van der Waals surface area (Å²) in [5.74, 6) is 0.267. The molecule has 29 heavy (non-hydrogen) atoms. The minimum absolute atomic E-state index is 0.267. The third kappa shape index (κ3) is 6.21. The van der Waals surface area contributed by atoms with Crippen molar-refractivity contribution in [3.05, 3.63) is 34.8 Å². The van der Waals surface area contributed by atoms with Gasteiger partial charge in [0, 0.05) is 32.3 Å². The molecule has 1 aromatic heterocycles. The summed E-state index contributed by atoms with van der Waals surface area (Å²) in [4.78, 5) is 22.9. The molecule has 3 heterocycles. The number of piperidine rings is 1. The van der Waals surface area contributed by atoms with Gasteiger partial charge in [0.05, 0.1) is 12.3 Å². The maximum absolute atomic E-state index is 12.1. The van der Waals surface area contributed by atoms with Crippen molar-refractivity contribution in [2.75, 3.05) is 33.4 Å². The number of amides is 1. The van der Waals surface area contributed by atoms with Crippen molar-refractivity contribution in [1.29, 1.82) is 0 Å². The average Bonchev–Trinajstić information content (AvgIpc) is 3.08. The number of hydrogen-bond acceptors (Lipinski definition) is 7. The zero-order valence-electron chi connectivity index (χ0n) is 17.1. The van der Waals surface area contributed by atoms with Crippen LogP contribution in [0.5, 0.6) is 0 Å². The lowest BCUT2D eigenvalue weighted by Gasteiger charge is -2.30. The summed E-state index contributed by atoms with van der Waals surface area (Å²) < 4.78 is 15.8. The van der Waals surface area contributed by atoms with Gasteiger partial charge in [-0.2, -0.15) is 0 Å². The molecule has 0 N–H and O–H groups in total. The van der Waals surface area contributed by atoms with E-state index in [1.807, 2.05) is 6.21 Å². The number of allylic oxidation sites excluding steroid dienone is 3. The number of nitrogens with zero attached hydrogens (tertiary/aromatic N) is 3. The second-order valence-electron chi connectivity index (χ2n) is 7.06. The molecule has 1 amide bonds. The molecule has 2 aliphatic heterocycles. The molecule has 0 saturated carbocycles. The average molecular weight is 420 g/mol. The number of hydrogen-bond donors (Lipinski definition) is 0. The lowest BCUT2D eigenvalue weighted by molar-refractivity contribution is 0.0657. The van der Waals surface area contributed by atoms with E-state index in [-0.39, 0.29) is 18.6 Å². The molecule has 7 nitrogen and oxygen atoms in total. The lowest BCUT2D eigenvalue weighted by Crippen LogP contribution is -2.38. The predicted octanol–water partition coefficient (Wildman–Crippen LogP) is 4.77. The first kappa shape index (κ1) is 21.6. The van der Waals surface area contributed by atoms with Crippen LogP contribution in [0, 0.1) is 0 Å². The Bertz CT molecular complexity index is 764. The van der Waals surface area contributed by atoms with Gasteiger partial charge in [0.25, 0.3) is 0 Å². The minimum atomic E-state index is -0.274. The highest BCUT2D eigenvalue weighted by molar-refractivity contribution is 8.03. The molecule has 0 aromatic carbocycles. The van der Waals surface area contributed by atoms with Crippen LogP contribution in [0.2, 0.25) is 0 Å². The Balaban J connectivity index is 1.54. The SMILES string of the molecule is CCCC1=CCC=C(Sc2ocnc2C2CCN(C(=O)OCCOC)CC2)N=C1. The first-order valence-electron chi connectivity index (χ1n) is 10.2. The van der Waals surface area contributed by atoms with Gasteiger partial charge in [-0.15, -0.1) is 0 Å². The number of thioether (sulfide) groups is 1. The summed E-state index contributed by atoms with van der Waals surface area (Å²) >= 11 is 1.53. The number of aromatic nitrogens is 1. The maximum Gasteiger partial charge on any atom is 0.409 e. The zero-order valence-corrected chi connectivity index (χ0v) is 18.0. The molecular formula is C21H29N3O4S. The van der Waals surface area contributed by atoms with E-state index < -0.39 is 0 Å². The summed E-state index contributed by atoms with van der Waals surface area (Å²) in [5.41, 5.74) is 2.24. The number of carbonyl (C=O) groups is 1. The molecule has 0 bridgehead atoms. The molecule has 158 valence electrons. The van der Waals surface area contributed by atoms with E-state index in [1.54, 1.807) is 12.0 Å². The van der Waals surface area contributed by atoms with Gasteiger partial charge in [0.2, 0.25) is 0 Å². The second kappa shape index (κ2) is 11.2. The topological polar surface area (TPSA) is 77.2 Å². The van der Waals surface area contributed by atoms with Crippen LogP contribution in [0.3, 0.4) is 0 Å². The van der Waals surface area contributed by atoms with Crippen LogP contribution in [0.25, 0.3) is 0 Å². The van der Waals surface area contributed by atoms with Gasteiger partial charge in [0.15, 0.2) is 11.5 Å². The Labute approximate surface area is 176 Å². The van der Waals surface area contributed by atoms with Gasteiger partial charge < -0.3 is 18.8 Å². The Morgan fingerprint density at radius 1 is 1.31 bits per heavy atom. The number of ether oxygens (including phenoxy) is 2. The molecule has 0 spiro atoms. The monoisotopic (exact) mass is 419 g/mol. The molecule has 0 unspecified atom stereocenters. The fourth-order valence-electron chi connectivity index (χ4n) is 3.41. The highest BCUT2D eigenvalue weighted by Crippen LogP contribution is 2.38. The number of oxazole rings is 1. The van der Waals surface area contributed by atoms with Gasteiger partial charge in [-0.3, -0.25) is 0 Å². The first-order chi connectivity index (χ1) is 14.2. The van der Waals surface area contributed by atoms with Gasteiger partial charge >= 0.3 is 6.09 Å². The Kier molecular flexibility index (Phi) is 8.37. The number of methoxy groups -OCH3 is 1. The van der Waals surface area contributed by atoms with Gasteiger partial charge in [-0.25, -0.2) is 14.8 Å². The molecule has 3 rings (SSSR count). The predicted molar refractivity (Wildman–Crippen MR) is 113 cm³/mol. The molecule has 0 atom stereocenters. The van der Waals surface area contributed by atoms with Crippen molar-refractivity contribution in [3.63, 3.8) is 0 Å².